The number of nitrogens with zero attached hydrogens (tertiary/aromatic N) is 2. The van der Waals surface area contributed by atoms with Crippen LogP contribution in [0.15, 0.2) is 53.9 Å². The molecule has 5 heteroatoms. The van der Waals surface area contributed by atoms with Crippen LogP contribution in [0.4, 0.5) is 9.52 Å². The fraction of sp³-hybridized carbons (Fsp3) is 0.250. The molecule has 128 valence electrons. The summed E-state index contributed by atoms with van der Waals surface area (Å²) >= 11 is 1.65. The summed E-state index contributed by atoms with van der Waals surface area (Å²) in [5, 5.41) is 6.56. The van der Waals surface area contributed by atoms with Gasteiger partial charge in [-0.1, -0.05) is 29.8 Å². The largest absolute Gasteiger partial charge is 0.338 e. The second kappa shape index (κ2) is 6.94. The van der Waals surface area contributed by atoms with Crippen LogP contribution in [0.3, 0.4) is 0 Å². The van der Waals surface area contributed by atoms with E-state index >= 15 is 0 Å². The standard InChI is InChI=1S/C20H20FN3S/c1-14-2-4-16(5-3-14)19-12-22-10-11-24(19)20-23-18(13-25-20)15-6-8-17(21)9-7-15/h2-9,13,19,22H,10-12H2,1H3. The number of rotatable bonds is 3. The fourth-order valence-corrected chi connectivity index (χ4v) is 4.08. The third kappa shape index (κ3) is 3.43. The molecule has 1 saturated heterocycles. The van der Waals surface area contributed by atoms with E-state index < -0.39 is 0 Å². The normalized spacial score (nSPS) is 17.7. The first kappa shape index (κ1) is 16.2. The van der Waals surface area contributed by atoms with Gasteiger partial charge in [0, 0.05) is 30.6 Å². The third-order valence-electron chi connectivity index (χ3n) is 4.58. The van der Waals surface area contributed by atoms with Crippen LogP contribution in [-0.4, -0.2) is 24.6 Å². The smallest absolute Gasteiger partial charge is 0.186 e. The van der Waals surface area contributed by atoms with Crippen LogP contribution in [0.2, 0.25) is 0 Å². The van der Waals surface area contributed by atoms with E-state index in [2.05, 4.69) is 46.8 Å². The lowest BCUT2D eigenvalue weighted by molar-refractivity contribution is 0.489. The summed E-state index contributed by atoms with van der Waals surface area (Å²) in [4.78, 5) is 7.20. The van der Waals surface area contributed by atoms with Gasteiger partial charge in [-0.15, -0.1) is 11.3 Å². The van der Waals surface area contributed by atoms with E-state index in [0.717, 1.165) is 36.0 Å². The molecular weight excluding hydrogens is 333 g/mol. The monoisotopic (exact) mass is 353 g/mol. The number of benzene rings is 2. The van der Waals surface area contributed by atoms with Crippen molar-refractivity contribution in [2.24, 2.45) is 0 Å². The first-order valence-corrected chi connectivity index (χ1v) is 9.34. The SMILES string of the molecule is Cc1ccc(C2CNCCN2c2nc(-c3ccc(F)cc3)cs2)cc1. The first-order chi connectivity index (χ1) is 12.2. The Morgan fingerprint density at radius 1 is 1.12 bits per heavy atom. The highest BCUT2D eigenvalue weighted by atomic mass is 32.1. The van der Waals surface area contributed by atoms with Gasteiger partial charge in [0.15, 0.2) is 5.13 Å². The molecule has 1 aromatic heterocycles. The summed E-state index contributed by atoms with van der Waals surface area (Å²) in [6.45, 7) is 4.90. The van der Waals surface area contributed by atoms with Gasteiger partial charge in [-0.25, -0.2) is 9.37 Å². The van der Waals surface area contributed by atoms with E-state index in [4.69, 9.17) is 4.98 Å². The number of anilines is 1. The molecule has 1 aliphatic heterocycles. The average Bonchev–Trinajstić information content (AvgIpc) is 3.13. The van der Waals surface area contributed by atoms with E-state index in [1.54, 1.807) is 23.5 Å². The molecule has 0 aliphatic carbocycles. The van der Waals surface area contributed by atoms with Crippen molar-refractivity contribution in [3.8, 4) is 11.3 Å². The first-order valence-electron chi connectivity index (χ1n) is 8.46. The van der Waals surface area contributed by atoms with Crippen molar-refractivity contribution in [3.63, 3.8) is 0 Å². The Labute approximate surface area is 151 Å². The molecular formula is C20H20FN3S. The van der Waals surface area contributed by atoms with Crippen molar-refractivity contribution < 1.29 is 4.39 Å². The van der Waals surface area contributed by atoms with Crippen molar-refractivity contribution in [3.05, 3.63) is 70.9 Å². The lowest BCUT2D eigenvalue weighted by Crippen LogP contribution is -2.46. The van der Waals surface area contributed by atoms with Crippen LogP contribution >= 0.6 is 11.3 Å². The Hall–Kier alpha value is -2.24. The van der Waals surface area contributed by atoms with Crippen molar-refractivity contribution in [1.29, 1.82) is 0 Å². The van der Waals surface area contributed by atoms with Gasteiger partial charge in [-0.05, 0) is 36.8 Å². The Morgan fingerprint density at radius 3 is 2.64 bits per heavy atom. The van der Waals surface area contributed by atoms with Crippen LogP contribution in [0, 0.1) is 12.7 Å². The zero-order valence-electron chi connectivity index (χ0n) is 14.1. The topological polar surface area (TPSA) is 28.2 Å². The van der Waals surface area contributed by atoms with Crippen molar-refractivity contribution in [1.82, 2.24) is 10.3 Å². The maximum absolute atomic E-state index is 13.1. The quantitative estimate of drug-likeness (QED) is 0.756. The number of aromatic nitrogens is 1. The highest BCUT2D eigenvalue weighted by Gasteiger charge is 2.26. The van der Waals surface area contributed by atoms with Crippen LogP contribution in [0.1, 0.15) is 17.2 Å². The van der Waals surface area contributed by atoms with Gasteiger partial charge < -0.3 is 10.2 Å². The van der Waals surface area contributed by atoms with Crippen molar-refractivity contribution in [2.45, 2.75) is 13.0 Å². The lowest BCUT2D eigenvalue weighted by Gasteiger charge is -2.36. The van der Waals surface area contributed by atoms with Crippen LogP contribution in [0.25, 0.3) is 11.3 Å². The Bertz CT molecular complexity index is 842. The molecule has 3 aromatic rings. The molecule has 3 nitrogen and oxygen atoms in total. The third-order valence-corrected chi connectivity index (χ3v) is 5.46. The molecule has 0 saturated carbocycles. The van der Waals surface area contributed by atoms with Gasteiger partial charge in [0.25, 0.3) is 0 Å². The molecule has 25 heavy (non-hydrogen) atoms. The zero-order valence-corrected chi connectivity index (χ0v) is 14.9. The van der Waals surface area contributed by atoms with Crippen molar-refractivity contribution in [2.75, 3.05) is 24.5 Å². The summed E-state index contributed by atoms with van der Waals surface area (Å²) in [6.07, 6.45) is 0. The number of piperazine rings is 1. The number of halogens is 1. The van der Waals surface area contributed by atoms with Crippen LogP contribution < -0.4 is 10.2 Å². The summed E-state index contributed by atoms with van der Waals surface area (Å²) in [5.41, 5.74) is 4.43. The predicted molar refractivity (Wildman–Crippen MR) is 102 cm³/mol. The summed E-state index contributed by atoms with van der Waals surface area (Å²) in [6, 6.07) is 15.5. The fourth-order valence-electron chi connectivity index (χ4n) is 3.17. The van der Waals surface area contributed by atoms with Crippen LogP contribution in [-0.2, 0) is 0 Å². The van der Waals surface area contributed by atoms with Crippen LogP contribution in [0.5, 0.6) is 0 Å². The van der Waals surface area contributed by atoms with Gasteiger partial charge >= 0.3 is 0 Å². The van der Waals surface area contributed by atoms with Gasteiger partial charge in [0.1, 0.15) is 5.82 Å². The maximum atomic E-state index is 13.1. The highest BCUT2D eigenvalue weighted by Crippen LogP contribution is 2.33. The maximum Gasteiger partial charge on any atom is 0.186 e. The lowest BCUT2D eigenvalue weighted by atomic mass is 10.0. The van der Waals surface area contributed by atoms with Gasteiger partial charge in [-0.2, -0.15) is 0 Å². The molecule has 1 unspecified atom stereocenters. The van der Waals surface area contributed by atoms with E-state index in [9.17, 15) is 4.39 Å². The Morgan fingerprint density at radius 2 is 1.88 bits per heavy atom. The van der Waals surface area contributed by atoms with E-state index in [1.165, 1.54) is 23.3 Å². The number of hydrogen-bond donors (Lipinski definition) is 1. The average molecular weight is 353 g/mol. The van der Waals surface area contributed by atoms with E-state index in [-0.39, 0.29) is 11.9 Å². The Balaban J connectivity index is 1.62. The molecule has 2 aromatic carbocycles. The second-order valence-corrected chi connectivity index (χ2v) is 7.18. The molecule has 1 aliphatic rings. The van der Waals surface area contributed by atoms with Gasteiger partial charge in [0.2, 0.25) is 0 Å². The number of nitrogens with one attached hydrogen (secondary N) is 1. The Kier molecular flexibility index (Phi) is 4.51. The number of thiazole rings is 1. The molecule has 1 N–H and O–H groups in total. The zero-order chi connectivity index (χ0) is 17.2. The van der Waals surface area contributed by atoms with E-state index in [0.29, 0.717) is 0 Å². The minimum absolute atomic E-state index is 0.222. The number of hydrogen-bond acceptors (Lipinski definition) is 4. The number of aryl methyl sites for hydroxylation is 1. The molecule has 0 amide bonds. The molecule has 1 fully saturated rings. The molecule has 0 spiro atoms. The summed E-state index contributed by atoms with van der Waals surface area (Å²) in [5.74, 6) is -0.222. The van der Waals surface area contributed by atoms with E-state index in [1.807, 2.05) is 0 Å². The summed E-state index contributed by atoms with van der Waals surface area (Å²) < 4.78 is 13.1. The minimum Gasteiger partial charge on any atom is -0.338 e. The van der Waals surface area contributed by atoms with Gasteiger partial charge in [0.05, 0.1) is 11.7 Å². The summed E-state index contributed by atoms with van der Waals surface area (Å²) in [7, 11) is 0. The highest BCUT2D eigenvalue weighted by molar-refractivity contribution is 7.14. The molecule has 4 rings (SSSR count). The van der Waals surface area contributed by atoms with Gasteiger partial charge in [-0.3, -0.25) is 0 Å². The molecule has 0 radical (unpaired) electrons. The predicted octanol–water partition coefficient (Wildman–Crippen LogP) is 4.41. The minimum atomic E-state index is -0.222. The molecule has 0 bridgehead atoms. The second-order valence-electron chi connectivity index (χ2n) is 6.35. The molecule has 1 atom stereocenters. The van der Waals surface area contributed by atoms with Crippen molar-refractivity contribution >= 4 is 16.5 Å². The molecule has 2 heterocycles.